The molecule has 4 rings (SSSR count). The molecule has 0 aromatic heterocycles. The zero-order valence-electron chi connectivity index (χ0n) is 11.0. The van der Waals surface area contributed by atoms with Crippen LogP contribution in [0.1, 0.15) is 17.5 Å². The molecule has 0 amide bonds. The highest BCUT2D eigenvalue weighted by molar-refractivity contribution is 5.97. The number of nitrogens with zero attached hydrogens (tertiary/aromatic N) is 3. The predicted molar refractivity (Wildman–Crippen MR) is 78.7 cm³/mol. The van der Waals surface area contributed by atoms with Crippen LogP contribution in [-0.4, -0.2) is 17.3 Å². The van der Waals surface area contributed by atoms with Crippen molar-refractivity contribution >= 4 is 11.9 Å². The van der Waals surface area contributed by atoms with E-state index in [4.69, 9.17) is 10.3 Å². The van der Waals surface area contributed by atoms with Gasteiger partial charge in [-0.05, 0) is 29.7 Å². The topological polar surface area (TPSA) is 39.4 Å². The van der Waals surface area contributed by atoms with E-state index in [2.05, 4.69) is 47.4 Å². The molecular weight excluding hydrogens is 246 g/mol. The summed E-state index contributed by atoms with van der Waals surface area (Å²) in [7, 11) is 0. The van der Waals surface area contributed by atoms with Crippen molar-refractivity contribution in [3.05, 3.63) is 65.4 Å². The average molecular weight is 259 g/mol. The predicted octanol–water partition coefficient (Wildman–Crippen LogP) is 2.99. The molecule has 2 heterocycles. The maximum atomic E-state index is 9.02. The maximum absolute atomic E-state index is 9.02. The Labute approximate surface area is 117 Å². The molecular formula is C17H13N3. The van der Waals surface area contributed by atoms with E-state index in [0.29, 0.717) is 5.57 Å². The quantitative estimate of drug-likeness (QED) is 0.718. The van der Waals surface area contributed by atoms with Crippen LogP contribution in [0.5, 0.6) is 0 Å². The van der Waals surface area contributed by atoms with Gasteiger partial charge in [-0.25, -0.2) is 0 Å². The van der Waals surface area contributed by atoms with Crippen LogP contribution >= 0.6 is 0 Å². The lowest BCUT2D eigenvalue weighted by Crippen LogP contribution is -2.33. The van der Waals surface area contributed by atoms with Gasteiger partial charge < -0.3 is 4.90 Å². The minimum Gasteiger partial charge on any atom is -0.329 e. The van der Waals surface area contributed by atoms with Gasteiger partial charge in [0.05, 0.1) is 12.1 Å². The monoisotopic (exact) mass is 259 g/mol. The molecule has 3 heteroatoms. The third-order valence-corrected chi connectivity index (χ3v) is 4.11. The van der Waals surface area contributed by atoms with Crippen LogP contribution in [0.15, 0.2) is 59.3 Å². The van der Waals surface area contributed by atoms with Crippen LogP contribution in [0.25, 0.3) is 6.08 Å². The molecule has 1 aliphatic carbocycles. The van der Waals surface area contributed by atoms with Crippen molar-refractivity contribution in [1.29, 1.82) is 5.26 Å². The summed E-state index contributed by atoms with van der Waals surface area (Å²) in [6.45, 7) is 0.805. The molecule has 0 saturated carbocycles. The van der Waals surface area contributed by atoms with Crippen LogP contribution < -0.4 is 0 Å². The first-order valence-corrected chi connectivity index (χ1v) is 6.73. The maximum Gasteiger partial charge on any atom is 0.128 e. The molecule has 0 fully saturated rings. The molecule has 2 aliphatic heterocycles. The number of rotatable bonds is 0. The van der Waals surface area contributed by atoms with E-state index in [0.717, 1.165) is 18.8 Å². The van der Waals surface area contributed by atoms with E-state index in [9.17, 15) is 0 Å². The van der Waals surface area contributed by atoms with Gasteiger partial charge in [0, 0.05) is 6.20 Å². The third kappa shape index (κ3) is 1.48. The average Bonchev–Trinajstić information content (AvgIpc) is 2.85. The van der Waals surface area contributed by atoms with Crippen LogP contribution in [-0.2, 0) is 5.54 Å². The summed E-state index contributed by atoms with van der Waals surface area (Å²) < 4.78 is 0. The van der Waals surface area contributed by atoms with Gasteiger partial charge in [0.25, 0.3) is 0 Å². The summed E-state index contributed by atoms with van der Waals surface area (Å²) in [5, 5.41) is 9.02. The fourth-order valence-electron chi connectivity index (χ4n) is 3.18. The van der Waals surface area contributed by atoms with Gasteiger partial charge in [-0.3, -0.25) is 4.99 Å². The number of benzene rings is 1. The van der Waals surface area contributed by atoms with E-state index >= 15 is 0 Å². The Kier molecular flexibility index (Phi) is 2.22. The third-order valence-electron chi connectivity index (χ3n) is 4.11. The van der Waals surface area contributed by atoms with E-state index in [1.165, 1.54) is 11.1 Å². The minimum atomic E-state index is -0.202. The molecule has 1 aromatic carbocycles. The Hall–Kier alpha value is -2.60. The Morgan fingerprint density at radius 1 is 1.20 bits per heavy atom. The minimum absolute atomic E-state index is 0.202. The molecule has 20 heavy (non-hydrogen) atoms. The first-order chi connectivity index (χ1) is 9.81. The molecule has 3 aliphatic rings. The number of hydrogen-bond acceptors (Lipinski definition) is 3. The van der Waals surface area contributed by atoms with Gasteiger partial charge in [-0.1, -0.05) is 36.4 Å². The molecule has 1 unspecified atom stereocenters. The largest absolute Gasteiger partial charge is 0.329 e. The van der Waals surface area contributed by atoms with Crippen LogP contribution in [0.2, 0.25) is 0 Å². The normalized spacial score (nSPS) is 25.9. The summed E-state index contributed by atoms with van der Waals surface area (Å²) in [6, 6.07) is 10.6. The van der Waals surface area contributed by atoms with E-state index in [1.54, 1.807) is 0 Å². The number of hydrogen-bond donors (Lipinski definition) is 0. The zero-order chi connectivity index (χ0) is 13.6. The summed E-state index contributed by atoms with van der Waals surface area (Å²) in [4.78, 5) is 7.05. The van der Waals surface area contributed by atoms with Crippen molar-refractivity contribution in [3.63, 3.8) is 0 Å². The molecule has 0 N–H and O–H groups in total. The highest BCUT2D eigenvalue weighted by atomic mass is 15.3. The second kappa shape index (κ2) is 3.94. The van der Waals surface area contributed by atoms with Crippen LogP contribution in [0.4, 0.5) is 0 Å². The fraction of sp³-hybridized carbons (Fsp3) is 0.176. The first kappa shape index (κ1) is 11.2. The molecule has 1 spiro atoms. The molecule has 0 radical (unpaired) electrons. The van der Waals surface area contributed by atoms with Crippen molar-refractivity contribution < 1.29 is 0 Å². The van der Waals surface area contributed by atoms with Crippen molar-refractivity contribution in [2.24, 2.45) is 4.99 Å². The second-order valence-electron chi connectivity index (χ2n) is 5.35. The lowest BCUT2D eigenvalue weighted by molar-refractivity contribution is 0.400. The summed E-state index contributed by atoms with van der Waals surface area (Å²) >= 11 is 0. The van der Waals surface area contributed by atoms with Crippen LogP contribution in [0, 0.1) is 11.3 Å². The smallest absolute Gasteiger partial charge is 0.128 e. The van der Waals surface area contributed by atoms with Crippen molar-refractivity contribution in [2.45, 2.75) is 12.0 Å². The van der Waals surface area contributed by atoms with Gasteiger partial charge in [0.2, 0.25) is 0 Å². The van der Waals surface area contributed by atoms with E-state index < -0.39 is 0 Å². The van der Waals surface area contributed by atoms with Crippen molar-refractivity contribution in [1.82, 2.24) is 4.90 Å². The Morgan fingerprint density at radius 3 is 3.00 bits per heavy atom. The number of aliphatic imine (C=N–C) groups is 1. The highest BCUT2D eigenvalue weighted by Crippen LogP contribution is 2.42. The number of fused-ring (bicyclic) bond motifs is 3. The zero-order valence-corrected chi connectivity index (χ0v) is 11.0. The lowest BCUT2D eigenvalue weighted by atomic mass is 9.81. The van der Waals surface area contributed by atoms with Gasteiger partial charge in [-0.15, -0.1) is 0 Å². The van der Waals surface area contributed by atoms with Gasteiger partial charge in [0.1, 0.15) is 17.4 Å². The fourth-order valence-corrected chi connectivity index (χ4v) is 3.18. The molecule has 3 nitrogen and oxygen atoms in total. The Morgan fingerprint density at radius 2 is 2.10 bits per heavy atom. The van der Waals surface area contributed by atoms with E-state index in [1.807, 2.05) is 18.4 Å². The number of amidine groups is 1. The molecule has 1 atom stereocenters. The molecule has 96 valence electrons. The lowest BCUT2D eigenvalue weighted by Gasteiger charge is -2.30. The highest BCUT2D eigenvalue weighted by Gasteiger charge is 2.41. The summed E-state index contributed by atoms with van der Waals surface area (Å²) in [5.74, 6) is 0.953. The van der Waals surface area contributed by atoms with Gasteiger partial charge >= 0.3 is 0 Å². The van der Waals surface area contributed by atoms with Gasteiger partial charge in [0.15, 0.2) is 0 Å². The van der Waals surface area contributed by atoms with Crippen molar-refractivity contribution in [3.8, 4) is 6.07 Å². The Bertz CT molecular complexity index is 746. The SMILES string of the molecule is N#CC1=CN2CC3(CC=Cc4ccccc43)N=C2C=C1. The second-order valence-corrected chi connectivity index (χ2v) is 5.35. The Balaban J connectivity index is 1.82. The molecule has 1 aromatic rings. The first-order valence-electron chi connectivity index (χ1n) is 6.73. The molecule has 0 saturated heterocycles. The van der Waals surface area contributed by atoms with Crippen LogP contribution in [0.3, 0.4) is 0 Å². The summed E-state index contributed by atoms with van der Waals surface area (Å²) in [6.07, 6.45) is 10.9. The van der Waals surface area contributed by atoms with E-state index in [-0.39, 0.29) is 5.54 Å². The molecule has 0 bridgehead atoms. The number of nitriles is 1. The standard InChI is InChI=1S/C17H13N3/c18-10-13-7-8-16-19-17(12-20(16)11-13)9-3-5-14-4-1-2-6-15(14)17/h1-8,11H,9,12H2. The summed E-state index contributed by atoms with van der Waals surface area (Å²) in [5.41, 5.74) is 3.01. The number of allylic oxidation sites excluding steroid dienone is 2. The van der Waals surface area contributed by atoms with Crippen molar-refractivity contribution in [2.75, 3.05) is 6.54 Å². The van der Waals surface area contributed by atoms with Gasteiger partial charge in [-0.2, -0.15) is 5.26 Å².